The second-order valence-electron chi connectivity index (χ2n) is 16.2. The highest BCUT2D eigenvalue weighted by molar-refractivity contribution is 6.14. The van der Waals surface area contributed by atoms with Crippen LogP contribution >= 0.6 is 0 Å². The third-order valence-electron chi connectivity index (χ3n) is 12.7. The molecule has 0 amide bonds. The van der Waals surface area contributed by atoms with Crippen LogP contribution in [0.15, 0.2) is 194 Å². The highest BCUT2D eigenvalue weighted by Gasteiger charge is 2.36. The fraction of sp³-hybridized carbons (Fsp3) is 0.0545. The van der Waals surface area contributed by atoms with Crippen molar-refractivity contribution in [1.82, 2.24) is 9.13 Å². The molecule has 0 saturated heterocycles. The lowest BCUT2D eigenvalue weighted by Gasteiger charge is -2.21. The van der Waals surface area contributed by atoms with Gasteiger partial charge in [-0.2, -0.15) is 0 Å². The van der Waals surface area contributed by atoms with Gasteiger partial charge in [0.05, 0.1) is 27.8 Å². The minimum Gasteiger partial charge on any atom is -0.309 e. The zero-order chi connectivity index (χ0) is 37.8. The van der Waals surface area contributed by atoms with Crippen LogP contribution in [0.5, 0.6) is 0 Å². The largest absolute Gasteiger partial charge is 0.309 e. The van der Waals surface area contributed by atoms with Crippen LogP contribution in [-0.4, -0.2) is 9.13 Å². The third-order valence-corrected chi connectivity index (χ3v) is 12.7. The monoisotopic (exact) mass is 726 g/mol. The summed E-state index contributed by atoms with van der Waals surface area (Å²) in [7, 11) is 0. The fourth-order valence-corrected chi connectivity index (χ4v) is 9.94. The van der Waals surface area contributed by atoms with Crippen molar-refractivity contribution >= 4 is 54.4 Å². The first-order valence-electron chi connectivity index (χ1n) is 19.9. The van der Waals surface area contributed by atoms with Gasteiger partial charge in [-0.15, -0.1) is 0 Å². The van der Waals surface area contributed by atoms with Gasteiger partial charge in [0, 0.05) is 38.0 Å². The Bertz CT molecular complexity index is 3420. The van der Waals surface area contributed by atoms with Crippen LogP contribution < -0.4 is 0 Å². The van der Waals surface area contributed by atoms with Gasteiger partial charge >= 0.3 is 0 Å². The van der Waals surface area contributed by atoms with Crippen molar-refractivity contribution < 1.29 is 0 Å². The van der Waals surface area contributed by atoms with Gasteiger partial charge in [0.2, 0.25) is 0 Å². The van der Waals surface area contributed by atoms with Crippen molar-refractivity contribution in [2.75, 3.05) is 0 Å². The molecule has 0 radical (unpaired) electrons. The highest BCUT2D eigenvalue weighted by Crippen LogP contribution is 2.51. The SMILES string of the molecule is CC1(C)c2ccccc2-c2cc3c4cc(-c5ccc6c(c5)c5ccccc5n6-c5cccc6ccccc56)ccc4n(-c4cccc(-c5ccccc5)c4)c3cc21. The predicted molar refractivity (Wildman–Crippen MR) is 241 cm³/mol. The number of rotatable bonds is 4. The van der Waals surface area contributed by atoms with E-state index in [-0.39, 0.29) is 5.41 Å². The smallest absolute Gasteiger partial charge is 0.0544 e. The van der Waals surface area contributed by atoms with Gasteiger partial charge in [-0.05, 0) is 111 Å². The number of benzene rings is 9. The summed E-state index contributed by atoms with van der Waals surface area (Å²) in [5, 5.41) is 7.55. The van der Waals surface area contributed by atoms with Crippen molar-refractivity contribution in [2.24, 2.45) is 0 Å². The Labute approximate surface area is 331 Å². The van der Waals surface area contributed by atoms with Crippen molar-refractivity contribution in [3.8, 4) is 44.8 Å². The number of hydrogen-bond acceptors (Lipinski definition) is 0. The molecular weight excluding hydrogens is 689 g/mol. The molecule has 1 aliphatic carbocycles. The molecule has 2 heteroatoms. The van der Waals surface area contributed by atoms with Crippen molar-refractivity contribution in [2.45, 2.75) is 19.3 Å². The Morgan fingerprint density at radius 3 is 1.77 bits per heavy atom. The van der Waals surface area contributed by atoms with E-state index in [1.807, 2.05) is 0 Å². The van der Waals surface area contributed by atoms with E-state index in [2.05, 4.69) is 217 Å². The molecule has 0 N–H and O–H groups in total. The third kappa shape index (κ3) is 4.65. The van der Waals surface area contributed by atoms with Gasteiger partial charge in [0.1, 0.15) is 0 Å². The summed E-state index contributed by atoms with van der Waals surface area (Å²) in [5.41, 5.74) is 17.5. The molecule has 0 spiro atoms. The van der Waals surface area contributed by atoms with Gasteiger partial charge in [-0.25, -0.2) is 0 Å². The molecule has 0 atom stereocenters. The fourth-order valence-electron chi connectivity index (χ4n) is 9.94. The molecule has 0 aliphatic heterocycles. The maximum Gasteiger partial charge on any atom is 0.0544 e. The summed E-state index contributed by atoms with van der Waals surface area (Å²) in [6, 6.07) is 71.9. The average molecular weight is 727 g/mol. The normalized spacial score (nSPS) is 13.2. The van der Waals surface area contributed by atoms with E-state index in [9.17, 15) is 0 Å². The molecule has 1 aliphatic rings. The van der Waals surface area contributed by atoms with E-state index < -0.39 is 0 Å². The van der Waals surface area contributed by atoms with Crippen LogP contribution in [0.4, 0.5) is 0 Å². The van der Waals surface area contributed by atoms with Gasteiger partial charge in [0.25, 0.3) is 0 Å². The minimum absolute atomic E-state index is 0.0981. The molecule has 2 nitrogen and oxygen atoms in total. The molecule has 0 bridgehead atoms. The molecule has 2 aromatic heterocycles. The lowest BCUT2D eigenvalue weighted by Crippen LogP contribution is -2.14. The Morgan fingerprint density at radius 2 is 0.930 bits per heavy atom. The predicted octanol–water partition coefficient (Wildman–Crippen LogP) is 14.7. The molecule has 0 saturated carbocycles. The summed E-state index contributed by atoms with van der Waals surface area (Å²) in [4.78, 5) is 0. The van der Waals surface area contributed by atoms with Gasteiger partial charge in [-0.1, -0.05) is 147 Å². The van der Waals surface area contributed by atoms with Crippen LogP contribution in [0.25, 0.3) is 99.1 Å². The highest BCUT2D eigenvalue weighted by atomic mass is 15.0. The summed E-state index contributed by atoms with van der Waals surface area (Å²) < 4.78 is 4.93. The summed E-state index contributed by atoms with van der Waals surface area (Å²) in [6.07, 6.45) is 0. The lowest BCUT2D eigenvalue weighted by molar-refractivity contribution is 0.661. The first-order valence-corrected chi connectivity index (χ1v) is 19.9. The van der Waals surface area contributed by atoms with Crippen LogP contribution in [0.1, 0.15) is 25.0 Å². The first kappa shape index (κ1) is 32.1. The van der Waals surface area contributed by atoms with E-state index in [1.165, 1.54) is 110 Å². The van der Waals surface area contributed by atoms with E-state index in [0.29, 0.717) is 0 Å². The Hall–Kier alpha value is -7.16. The van der Waals surface area contributed by atoms with Crippen LogP contribution in [0, 0.1) is 0 Å². The molecule has 11 aromatic rings. The van der Waals surface area contributed by atoms with Crippen molar-refractivity contribution in [3.05, 3.63) is 205 Å². The molecule has 0 fully saturated rings. The first-order chi connectivity index (χ1) is 28.0. The number of hydrogen-bond donors (Lipinski definition) is 0. The molecule has 57 heavy (non-hydrogen) atoms. The topological polar surface area (TPSA) is 9.86 Å². The zero-order valence-corrected chi connectivity index (χ0v) is 31.9. The summed E-state index contributed by atoms with van der Waals surface area (Å²) in [6.45, 7) is 4.75. The standard InChI is InChI=1S/C55H38N2/c1-55(2)48-23-10-8-21-42(48)44-33-47-46-32-39(26-28-52(46)56(54(47)34-49(44)55)40-19-12-18-37(30-40)35-14-4-3-5-15-35)38-27-29-53-45(31-38)43-22-9-11-24-51(43)57(53)50-25-13-17-36-16-6-7-20-41(36)50/h3-34H,1-2H3. The van der Waals surface area contributed by atoms with E-state index in [4.69, 9.17) is 0 Å². The molecule has 268 valence electrons. The summed E-state index contributed by atoms with van der Waals surface area (Å²) >= 11 is 0. The summed E-state index contributed by atoms with van der Waals surface area (Å²) in [5.74, 6) is 0. The Kier molecular flexibility index (Phi) is 6.72. The van der Waals surface area contributed by atoms with E-state index in [1.54, 1.807) is 0 Å². The van der Waals surface area contributed by atoms with E-state index in [0.717, 1.165) is 0 Å². The van der Waals surface area contributed by atoms with Crippen LogP contribution in [-0.2, 0) is 5.41 Å². The maximum absolute atomic E-state index is 2.49. The molecule has 0 unspecified atom stereocenters. The van der Waals surface area contributed by atoms with Crippen LogP contribution in [0.2, 0.25) is 0 Å². The van der Waals surface area contributed by atoms with Crippen LogP contribution in [0.3, 0.4) is 0 Å². The number of aromatic nitrogens is 2. The number of para-hydroxylation sites is 1. The van der Waals surface area contributed by atoms with Crippen molar-refractivity contribution in [3.63, 3.8) is 0 Å². The molecule has 12 rings (SSSR count). The number of nitrogens with zero attached hydrogens (tertiary/aromatic N) is 2. The second kappa shape index (κ2) is 11.9. The maximum atomic E-state index is 2.49. The zero-order valence-electron chi connectivity index (χ0n) is 31.9. The molecule has 9 aromatic carbocycles. The quantitative estimate of drug-likeness (QED) is 0.171. The lowest BCUT2D eigenvalue weighted by atomic mass is 9.82. The van der Waals surface area contributed by atoms with Crippen molar-refractivity contribution in [1.29, 1.82) is 0 Å². The molecule has 2 heterocycles. The Balaban J connectivity index is 1.09. The average Bonchev–Trinajstić information content (AvgIpc) is 3.85. The van der Waals surface area contributed by atoms with Gasteiger partial charge < -0.3 is 9.13 Å². The van der Waals surface area contributed by atoms with E-state index >= 15 is 0 Å². The molecular formula is C55H38N2. The van der Waals surface area contributed by atoms with Gasteiger partial charge in [-0.3, -0.25) is 0 Å². The Morgan fingerprint density at radius 1 is 0.333 bits per heavy atom. The van der Waals surface area contributed by atoms with Gasteiger partial charge in [0.15, 0.2) is 0 Å². The minimum atomic E-state index is -0.0981. The second-order valence-corrected chi connectivity index (χ2v) is 16.2. The number of fused-ring (bicyclic) bond motifs is 10.